The lowest BCUT2D eigenvalue weighted by molar-refractivity contribution is -0.142. The van der Waals surface area contributed by atoms with E-state index in [0.717, 1.165) is 49.8 Å². The molecule has 0 amide bonds. The van der Waals surface area contributed by atoms with Crippen molar-refractivity contribution in [3.05, 3.63) is 84.0 Å². The Morgan fingerprint density at radius 3 is 2.00 bits per heavy atom. The molecule has 0 spiro atoms. The predicted molar refractivity (Wildman–Crippen MR) is 105 cm³/mol. The topological polar surface area (TPSA) is 0 Å². The quantitative estimate of drug-likeness (QED) is 0.348. The van der Waals surface area contributed by atoms with E-state index >= 15 is 0 Å². The molecule has 1 aliphatic carbocycles. The monoisotopic (exact) mass is 406 g/mol. The van der Waals surface area contributed by atoms with E-state index in [2.05, 4.69) is 12.7 Å². The molecule has 0 nitrogen and oxygen atoms in total. The molecule has 2 aromatic carbocycles. The Morgan fingerprint density at radius 1 is 0.897 bits per heavy atom. The van der Waals surface area contributed by atoms with Crippen LogP contribution in [0.2, 0.25) is 0 Å². The van der Waals surface area contributed by atoms with Gasteiger partial charge in [-0.1, -0.05) is 49.1 Å². The highest BCUT2D eigenvalue weighted by molar-refractivity contribution is 5.64. The summed E-state index contributed by atoms with van der Waals surface area (Å²) in [5.74, 6) is -2.08. The Bertz CT molecular complexity index is 846. The predicted octanol–water partition coefficient (Wildman–Crippen LogP) is 8.06. The Hall–Kier alpha value is -2.43. The van der Waals surface area contributed by atoms with Crippen molar-refractivity contribution in [1.82, 2.24) is 0 Å². The van der Waals surface area contributed by atoms with E-state index in [1.165, 1.54) is 0 Å². The van der Waals surface area contributed by atoms with E-state index < -0.39 is 23.4 Å². The van der Waals surface area contributed by atoms with Crippen LogP contribution in [0.5, 0.6) is 0 Å². The van der Waals surface area contributed by atoms with Gasteiger partial charge in [-0.2, -0.15) is 13.2 Å². The SMILES string of the molecule is C=C/C=C\CC1CCC(c2ccc(-c3cc(F)c(C(F)(F)F)c(F)c3)cc2)CC1. The fourth-order valence-electron chi connectivity index (χ4n) is 4.06. The van der Waals surface area contributed by atoms with Gasteiger partial charge in [0.2, 0.25) is 0 Å². The summed E-state index contributed by atoms with van der Waals surface area (Å²) in [6, 6.07) is 8.73. The van der Waals surface area contributed by atoms with Crippen LogP contribution in [0.15, 0.2) is 61.2 Å². The summed E-state index contributed by atoms with van der Waals surface area (Å²) in [5.41, 5.74) is -0.111. The van der Waals surface area contributed by atoms with Gasteiger partial charge in [0.25, 0.3) is 0 Å². The molecule has 0 unspecified atom stereocenters. The fourth-order valence-corrected chi connectivity index (χ4v) is 4.06. The second-order valence-corrected chi connectivity index (χ2v) is 7.55. The van der Waals surface area contributed by atoms with E-state index in [1.54, 1.807) is 18.2 Å². The van der Waals surface area contributed by atoms with E-state index in [-0.39, 0.29) is 5.56 Å². The summed E-state index contributed by atoms with van der Waals surface area (Å²) in [6.45, 7) is 3.67. The molecular weight excluding hydrogens is 383 g/mol. The van der Waals surface area contributed by atoms with Gasteiger partial charge in [-0.3, -0.25) is 0 Å². The number of halogens is 5. The highest BCUT2D eigenvalue weighted by Gasteiger charge is 2.38. The molecule has 0 bridgehead atoms. The second-order valence-electron chi connectivity index (χ2n) is 7.55. The zero-order valence-corrected chi connectivity index (χ0v) is 16.0. The Labute approximate surface area is 167 Å². The zero-order chi connectivity index (χ0) is 21.0. The first-order chi connectivity index (χ1) is 13.8. The highest BCUT2D eigenvalue weighted by Crippen LogP contribution is 2.39. The van der Waals surface area contributed by atoms with Crippen molar-refractivity contribution in [2.24, 2.45) is 5.92 Å². The van der Waals surface area contributed by atoms with Gasteiger partial charge in [-0.25, -0.2) is 8.78 Å². The van der Waals surface area contributed by atoms with Gasteiger partial charge in [0.1, 0.15) is 17.2 Å². The van der Waals surface area contributed by atoms with E-state index in [1.807, 2.05) is 18.2 Å². The average molecular weight is 406 g/mol. The fraction of sp³-hybridized carbons (Fsp3) is 0.333. The molecule has 1 saturated carbocycles. The van der Waals surface area contributed by atoms with Crippen molar-refractivity contribution in [2.75, 3.05) is 0 Å². The van der Waals surface area contributed by atoms with Crippen molar-refractivity contribution in [1.29, 1.82) is 0 Å². The van der Waals surface area contributed by atoms with Gasteiger partial charge >= 0.3 is 6.18 Å². The molecule has 3 rings (SSSR count). The maximum atomic E-state index is 13.8. The van der Waals surface area contributed by atoms with Crippen LogP contribution in [0, 0.1) is 17.6 Å². The van der Waals surface area contributed by atoms with Crippen LogP contribution in [0.1, 0.15) is 49.1 Å². The van der Waals surface area contributed by atoms with Crippen molar-refractivity contribution in [3.8, 4) is 11.1 Å². The molecule has 1 fully saturated rings. The minimum absolute atomic E-state index is 0.0947. The summed E-state index contributed by atoms with van der Waals surface area (Å²) in [5, 5.41) is 0. The maximum Gasteiger partial charge on any atom is 0.422 e. The lowest BCUT2D eigenvalue weighted by atomic mass is 9.77. The molecule has 0 radical (unpaired) electrons. The Morgan fingerprint density at radius 2 is 1.48 bits per heavy atom. The molecule has 0 N–H and O–H groups in total. The summed E-state index contributed by atoms with van der Waals surface area (Å²) in [7, 11) is 0. The molecule has 2 aromatic rings. The van der Waals surface area contributed by atoms with E-state index in [9.17, 15) is 22.0 Å². The van der Waals surface area contributed by atoms with E-state index in [4.69, 9.17) is 0 Å². The maximum absolute atomic E-state index is 13.8. The minimum atomic E-state index is -5.06. The first-order valence-electron chi connectivity index (χ1n) is 9.73. The molecule has 0 aromatic heterocycles. The lowest BCUT2D eigenvalue weighted by Crippen LogP contribution is -2.13. The summed E-state index contributed by atoms with van der Waals surface area (Å²) in [4.78, 5) is 0. The van der Waals surface area contributed by atoms with Crippen LogP contribution in [-0.2, 0) is 6.18 Å². The van der Waals surface area contributed by atoms with Gasteiger partial charge in [0, 0.05) is 0 Å². The number of alkyl halides is 3. The average Bonchev–Trinajstić information content (AvgIpc) is 2.67. The molecule has 0 aliphatic heterocycles. The zero-order valence-electron chi connectivity index (χ0n) is 16.0. The summed E-state index contributed by atoms with van der Waals surface area (Å²) in [6.07, 6.45) is 6.34. The van der Waals surface area contributed by atoms with Gasteiger partial charge in [0.15, 0.2) is 0 Å². The van der Waals surface area contributed by atoms with Crippen LogP contribution in [0.3, 0.4) is 0 Å². The molecule has 5 heteroatoms. The molecule has 0 saturated heterocycles. The highest BCUT2D eigenvalue weighted by atomic mass is 19.4. The smallest absolute Gasteiger partial charge is 0.206 e. The number of hydrogen-bond acceptors (Lipinski definition) is 0. The van der Waals surface area contributed by atoms with Crippen molar-refractivity contribution in [3.63, 3.8) is 0 Å². The van der Waals surface area contributed by atoms with Crippen LogP contribution in [-0.4, -0.2) is 0 Å². The lowest BCUT2D eigenvalue weighted by Gasteiger charge is -2.28. The number of benzene rings is 2. The Balaban J connectivity index is 1.70. The number of rotatable bonds is 5. The molecule has 29 heavy (non-hydrogen) atoms. The third-order valence-corrected chi connectivity index (χ3v) is 5.63. The number of hydrogen-bond donors (Lipinski definition) is 0. The molecule has 154 valence electrons. The first kappa shape index (κ1) is 21.3. The van der Waals surface area contributed by atoms with Crippen LogP contribution in [0.25, 0.3) is 11.1 Å². The number of allylic oxidation sites excluding steroid dienone is 3. The minimum Gasteiger partial charge on any atom is -0.206 e. The van der Waals surface area contributed by atoms with Gasteiger partial charge < -0.3 is 0 Å². The molecule has 0 heterocycles. The molecule has 1 aliphatic rings. The first-order valence-corrected chi connectivity index (χ1v) is 9.73. The normalized spacial score (nSPS) is 20.2. The summed E-state index contributed by atoms with van der Waals surface area (Å²) >= 11 is 0. The standard InChI is InChI=1S/C24H23F5/c1-2-3-4-5-16-6-8-17(9-7-16)18-10-12-19(13-11-18)20-14-21(25)23(22(26)15-20)24(27,28)29/h2-4,10-17H,1,5-9H2/b4-3-. The van der Waals surface area contributed by atoms with Crippen molar-refractivity contribution in [2.45, 2.75) is 44.2 Å². The second kappa shape index (κ2) is 8.93. The van der Waals surface area contributed by atoms with E-state index in [0.29, 0.717) is 17.4 Å². The van der Waals surface area contributed by atoms with Crippen molar-refractivity contribution < 1.29 is 22.0 Å². The third-order valence-electron chi connectivity index (χ3n) is 5.63. The van der Waals surface area contributed by atoms with Crippen LogP contribution < -0.4 is 0 Å². The summed E-state index contributed by atoms with van der Waals surface area (Å²) < 4.78 is 65.9. The van der Waals surface area contributed by atoms with Crippen LogP contribution >= 0.6 is 0 Å². The molecule has 0 atom stereocenters. The third kappa shape index (κ3) is 5.14. The molecular formula is C24H23F5. The Kier molecular flexibility index (Phi) is 6.56. The van der Waals surface area contributed by atoms with Gasteiger partial charge in [-0.05, 0) is 72.8 Å². The van der Waals surface area contributed by atoms with Crippen LogP contribution in [0.4, 0.5) is 22.0 Å². The van der Waals surface area contributed by atoms with Crippen molar-refractivity contribution >= 4 is 0 Å². The van der Waals surface area contributed by atoms with Gasteiger partial charge in [0.05, 0.1) is 0 Å². The largest absolute Gasteiger partial charge is 0.422 e. The van der Waals surface area contributed by atoms with Gasteiger partial charge in [-0.15, -0.1) is 0 Å².